The van der Waals surface area contributed by atoms with E-state index in [1.165, 1.54) is 12.1 Å². The molecule has 1 heterocycles. The van der Waals surface area contributed by atoms with Gasteiger partial charge < -0.3 is 4.90 Å². The number of rotatable bonds is 1. The summed E-state index contributed by atoms with van der Waals surface area (Å²) in [6, 6.07) is 6.04. The normalized spacial score (nSPS) is 24.8. The lowest BCUT2D eigenvalue weighted by molar-refractivity contribution is 0.0743. The summed E-state index contributed by atoms with van der Waals surface area (Å²) in [6.07, 6.45) is 1.05. The smallest absolute Gasteiger partial charge is 0.254 e. The van der Waals surface area contributed by atoms with E-state index in [1.54, 1.807) is 12.1 Å². The Bertz CT molecular complexity index is 387. The van der Waals surface area contributed by atoms with Crippen molar-refractivity contribution in [1.82, 2.24) is 4.90 Å². The zero-order valence-electron chi connectivity index (χ0n) is 9.61. The van der Waals surface area contributed by atoms with Crippen LogP contribution in [0.2, 0.25) is 0 Å². The highest BCUT2D eigenvalue weighted by Gasteiger charge is 2.30. The highest BCUT2D eigenvalue weighted by atomic mass is 19.1. The molecule has 1 fully saturated rings. The summed E-state index contributed by atoms with van der Waals surface area (Å²) >= 11 is 0. The minimum atomic E-state index is -0.306. The van der Waals surface area contributed by atoms with Gasteiger partial charge in [0, 0.05) is 18.2 Å². The molecule has 1 aliphatic heterocycles. The van der Waals surface area contributed by atoms with E-state index >= 15 is 0 Å². The van der Waals surface area contributed by atoms with Crippen LogP contribution in [-0.2, 0) is 0 Å². The van der Waals surface area contributed by atoms with Gasteiger partial charge >= 0.3 is 0 Å². The van der Waals surface area contributed by atoms with Gasteiger partial charge in [-0.25, -0.2) is 4.39 Å². The van der Waals surface area contributed by atoms with Gasteiger partial charge in [-0.1, -0.05) is 6.92 Å². The van der Waals surface area contributed by atoms with Gasteiger partial charge in [-0.3, -0.25) is 4.79 Å². The summed E-state index contributed by atoms with van der Waals surface area (Å²) in [5, 5.41) is 0. The van der Waals surface area contributed by atoms with Crippen LogP contribution in [0.5, 0.6) is 0 Å². The van der Waals surface area contributed by atoms with Crippen molar-refractivity contribution in [3.05, 3.63) is 35.6 Å². The van der Waals surface area contributed by atoms with E-state index in [4.69, 9.17) is 0 Å². The number of benzene rings is 1. The fraction of sp³-hybridized carbons (Fsp3) is 0.462. The number of carbonyl (C=O) groups is 1. The summed E-state index contributed by atoms with van der Waals surface area (Å²) in [4.78, 5) is 14.0. The third-order valence-electron chi connectivity index (χ3n) is 3.14. The van der Waals surface area contributed by atoms with Crippen molar-refractivity contribution in [2.45, 2.75) is 26.3 Å². The molecular weight excluding hydrogens is 205 g/mol. The van der Waals surface area contributed by atoms with Crippen LogP contribution in [0, 0.1) is 11.7 Å². The lowest BCUT2D eigenvalue weighted by Gasteiger charge is -2.21. The van der Waals surface area contributed by atoms with Crippen LogP contribution in [0.1, 0.15) is 30.6 Å². The van der Waals surface area contributed by atoms with Crippen molar-refractivity contribution >= 4 is 5.91 Å². The Hall–Kier alpha value is -1.38. The molecule has 0 saturated carbocycles. The summed E-state index contributed by atoms with van der Waals surface area (Å²) in [5.41, 5.74) is 0.572. The standard InChI is InChI=1S/C13H16FNO/c1-9-7-10(2)15(8-9)13(16)11-3-5-12(14)6-4-11/h3-6,9-10H,7-8H2,1-2H3. The topological polar surface area (TPSA) is 20.3 Å². The molecule has 16 heavy (non-hydrogen) atoms. The molecule has 2 unspecified atom stereocenters. The van der Waals surface area contributed by atoms with Crippen molar-refractivity contribution in [3.63, 3.8) is 0 Å². The maximum absolute atomic E-state index is 12.7. The van der Waals surface area contributed by atoms with Gasteiger partial charge in [-0.05, 0) is 43.5 Å². The fourth-order valence-corrected chi connectivity index (χ4v) is 2.34. The highest BCUT2D eigenvalue weighted by molar-refractivity contribution is 5.94. The van der Waals surface area contributed by atoms with E-state index in [2.05, 4.69) is 13.8 Å². The SMILES string of the molecule is CC1CC(C)N(C(=O)c2ccc(F)cc2)C1. The first kappa shape index (κ1) is 11.1. The molecule has 0 spiro atoms. The predicted molar refractivity (Wildman–Crippen MR) is 60.7 cm³/mol. The Kier molecular flexibility index (Phi) is 2.95. The molecule has 86 valence electrons. The van der Waals surface area contributed by atoms with Gasteiger partial charge in [0.15, 0.2) is 0 Å². The molecule has 0 bridgehead atoms. The number of amides is 1. The second kappa shape index (κ2) is 4.24. The lowest BCUT2D eigenvalue weighted by atomic mass is 10.1. The Morgan fingerprint density at radius 1 is 1.31 bits per heavy atom. The molecule has 1 saturated heterocycles. The van der Waals surface area contributed by atoms with Crippen LogP contribution in [-0.4, -0.2) is 23.4 Å². The second-order valence-corrected chi connectivity index (χ2v) is 4.65. The molecular formula is C13H16FNO. The van der Waals surface area contributed by atoms with Gasteiger partial charge in [0.2, 0.25) is 0 Å². The van der Waals surface area contributed by atoms with Gasteiger partial charge in [0.25, 0.3) is 5.91 Å². The molecule has 1 aliphatic rings. The average molecular weight is 221 g/mol. The van der Waals surface area contributed by atoms with Crippen molar-refractivity contribution in [2.75, 3.05) is 6.54 Å². The van der Waals surface area contributed by atoms with Crippen LogP contribution >= 0.6 is 0 Å². The molecule has 3 heteroatoms. The minimum Gasteiger partial charge on any atom is -0.336 e. The number of hydrogen-bond acceptors (Lipinski definition) is 1. The van der Waals surface area contributed by atoms with Crippen LogP contribution < -0.4 is 0 Å². The first-order chi connectivity index (χ1) is 7.58. The first-order valence-corrected chi connectivity index (χ1v) is 5.64. The Labute approximate surface area is 95.1 Å². The lowest BCUT2D eigenvalue weighted by Crippen LogP contribution is -2.33. The van der Waals surface area contributed by atoms with E-state index < -0.39 is 0 Å². The molecule has 2 nitrogen and oxygen atoms in total. The van der Waals surface area contributed by atoms with E-state index in [0.717, 1.165) is 13.0 Å². The molecule has 0 radical (unpaired) electrons. The molecule has 2 atom stereocenters. The largest absolute Gasteiger partial charge is 0.336 e. The van der Waals surface area contributed by atoms with E-state index in [0.29, 0.717) is 11.5 Å². The van der Waals surface area contributed by atoms with Crippen LogP contribution in [0.15, 0.2) is 24.3 Å². The highest BCUT2D eigenvalue weighted by Crippen LogP contribution is 2.24. The second-order valence-electron chi connectivity index (χ2n) is 4.65. The Morgan fingerprint density at radius 2 is 1.94 bits per heavy atom. The maximum atomic E-state index is 12.7. The quantitative estimate of drug-likeness (QED) is 0.714. The van der Waals surface area contributed by atoms with Crippen LogP contribution in [0.25, 0.3) is 0 Å². The monoisotopic (exact) mass is 221 g/mol. The van der Waals surface area contributed by atoms with Crippen LogP contribution in [0.3, 0.4) is 0 Å². The predicted octanol–water partition coefficient (Wildman–Crippen LogP) is 2.70. The zero-order chi connectivity index (χ0) is 11.7. The Balaban J connectivity index is 2.16. The van der Waals surface area contributed by atoms with Crippen molar-refractivity contribution in [3.8, 4) is 0 Å². The molecule has 1 amide bonds. The average Bonchev–Trinajstić information content (AvgIpc) is 2.58. The summed E-state index contributed by atoms with van der Waals surface area (Å²) in [6.45, 7) is 5.01. The molecule has 0 aliphatic carbocycles. The summed E-state index contributed by atoms with van der Waals surface area (Å²) in [7, 11) is 0. The van der Waals surface area contributed by atoms with Crippen molar-refractivity contribution in [2.24, 2.45) is 5.92 Å². The maximum Gasteiger partial charge on any atom is 0.254 e. The fourth-order valence-electron chi connectivity index (χ4n) is 2.34. The number of halogens is 1. The van der Waals surface area contributed by atoms with E-state index in [9.17, 15) is 9.18 Å². The van der Waals surface area contributed by atoms with Gasteiger partial charge in [0.05, 0.1) is 0 Å². The van der Waals surface area contributed by atoms with Crippen LogP contribution in [0.4, 0.5) is 4.39 Å². The van der Waals surface area contributed by atoms with E-state index in [1.807, 2.05) is 4.90 Å². The number of nitrogens with zero attached hydrogens (tertiary/aromatic N) is 1. The van der Waals surface area contributed by atoms with Crippen molar-refractivity contribution in [1.29, 1.82) is 0 Å². The third-order valence-corrected chi connectivity index (χ3v) is 3.14. The molecule has 0 aromatic heterocycles. The number of likely N-dealkylation sites (tertiary alicyclic amines) is 1. The third kappa shape index (κ3) is 2.08. The molecule has 1 aromatic rings. The molecule has 0 N–H and O–H groups in total. The van der Waals surface area contributed by atoms with Gasteiger partial charge in [0.1, 0.15) is 5.82 Å². The van der Waals surface area contributed by atoms with Crippen molar-refractivity contribution < 1.29 is 9.18 Å². The molecule has 2 rings (SSSR count). The summed E-state index contributed by atoms with van der Waals surface area (Å²) < 4.78 is 12.7. The first-order valence-electron chi connectivity index (χ1n) is 5.64. The van der Waals surface area contributed by atoms with E-state index in [-0.39, 0.29) is 17.8 Å². The number of carbonyl (C=O) groups excluding carboxylic acids is 1. The van der Waals surface area contributed by atoms with Gasteiger partial charge in [-0.15, -0.1) is 0 Å². The minimum absolute atomic E-state index is 0.0110. The Morgan fingerprint density at radius 3 is 2.44 bits per heavy atom. The summed E-state index contributed by atoms with van der Waals surface area (Å²) in [5.74, 6) is 0.260. The molecule has 1 aromatic carbocycles. The van der Waals surface area contributed by atoms with Gasteiger partial charge in [-0.2, -0.15) is 0 Å². The number of hydrogen-bond donors (Lipinski definition) is 0. The zero-order valence-corrected chi connectivity index (χ0v) is 9.61.